The molecule has 3 aromatic rings. The second-order valence-electron chi connectivity index (χ2n) is 6.47. The van der Waals surface area contributed by atoms with Crippen molar-refractivity contribution in [1.82, 2.24) is 5.43 Å². The predicted molar refractivity (Wildman–Crippen MR) is 115 cm³/mol. The number of aromatic hydroxyl groups is 1. The van der Waals surface area contributed by atoms with Crippen molar-refractivity contribution in [2.45, 2.75) is 19.8 Å². The van der Waals surface area contributed by atoms with Crippen LogP contribution in [-0.4, -0.2) is 23.1 Å². The largest absolute Gasteiger partial charge is 0.507 e. The summed E-state index contributed by atoms with van der Waals surface area (Å²) in [4.78, 5) is 24.0. The van der Waals surface area contributed by atoms with E-state index in [0.717, 1.165) is 16.3 Å². The Morgan fingerprint density at radius 1 is 1.03 bits per heavy atom. The van der Waals surface area contributed by atoms with Gasteiger partial charge in [-0.05, 0) is 41.5 Å². The molecule has 6 nitrogen and oxygen atoms in total. The molecule has 3 rings (SSSR count). The summed E-state index contributed by atoms with van der Waals surface area (Å²) in [5, 5.41) is 19.0. The predicted octanol–water partition coefficient (Wildman–Crippen LogP) is 4.38. The highest BCUT2D eigenvalue weighted by Gasteiger charge is 2.10. The number of nitrogens with one attached hydrogen (secondary N) is 2. The molecule has 0 spiro atoms. The fourth-order valence-electron chi connectivity index (χ4n) is 2.83. The molecule has 0 aliphatic heterocycles. The van der Waals surface area contributed by atoms with E-state index in [4.69, 9.17) is 11.6 Å². The summed E-state index contributed by atoms with van der Waals surface area (Å²) in [5.41, 5.74) is 4.28. The van der Waals surface area contributed by atoms with E-state index in [1.165, 1.54) is 6.21 Å². The first-order valence-electron chi connectivity index (χ1n) is 9.03. The molecule has 0 heterocycles. The van der Waals surface area contributed by atoms with Crippen LogP contribution in [-0.2, 0) is 9.59 Å². The van der Waals surface area contributed by atoms with Crippen molar-refractivity contribution in [3.8, 4) is 5.75 Å². The van der Waals surface area contributed by atoms with Crippen LogP contribution in [0.5, 0.6) is 5.75 Å². The van der Waals surface area contributed by atoms with Gasteiger partial charge in [0.1, 0.15) is 5.75 Å². The maximum absolute atomic E-state index is 12.1. The van der Waals surface area contributed by atoms with Gasteiger partial charge in [0, 0.05) is 29.1 Å². The van der Waals surface area contributed by atoms with E-state index in [9.17, 15) is 14.7 Å². The second kappa shape index (κ2) is 9.21. The molecule has 29 heavy (non-hydrogen) atoms. The fraction of sp³-hybridized carbons (Fsp3) is 0.136. The summed E-state index contributed by atoms with van der Waals surface area (Å²) >= 11 is 6.03. The number of hydrogen-bond acceptors (Lipinski definition) is 4. The van der Waals surface area contributed by atoms with E-state index < -0.39 is 5.91 Å². The first-order chi connectivity index (χ1) is 14.0. The molecule has 0 unspecified atom stereocenters. The van der Waals surface area contributed by atoms with Gasteiger partial charge in [-0.3, -0.25) is 9.59 Å². The third-order valence-electron chi connectivity index (χ3n) is 4.45. The topological polar surface area (TPSA) is 90.8 Å². The molecule has 0 aromatic heterocycles. The smallest absolute Gasteiger partial charge is 0.240 e. The van der Waals surface area contributed by atoms with Crippen LogP contribution in [0.1, 0.15) is 24.0 Å². The van der Waals surface area contributed by atoms with Gasteiger partial charge in [-0.15, -0.1) is 0 Å². The van der Waals surface area contributed by atoms with Crippen LogP contribution in [0.3, 0.4) is 0 Å². The van der Waals surface area contributed by atoms with Gasteiger partial charge in [-0.25, -0.2) is 5.43 Å². The molecule has 3 N–H and O–H groups in total. The molecule has 148 valence electrons. The molecule has 0 atom stereocenters. The van der Waals surface area contributed by atoms with Crippen LogP contribution in [0.4, 0.5) is 5.69 Å². The Kier molecular flexibility index (Phi) is 6.46. The van der Waals surface area contributed by atoms with E-state index in [0.29, 0.717) is 16.3 Å². The van der Waals surface area contributed by atoms with Crippen molar-refractivity contribution in [3.63, 3.8) is 0 Å². The number of phenolic OH excluding ortho intramolecular Hbond substituents is 1. The van der Waals surface area contributed by atoms with Crippen LogP contribution >= 0.6 is 11.6 Å². The second-order valence-corrected chi connectivity index (χ2v) is 6.88. The molecule has 0 aliphatic rings. The number of fused-ring (bicyclic) bond motifs is 1. The van der Waals surface area contributed by atoms with Gasteiger partial charge >= 0.3 is 0 Å². The zero-order valence-corrected chi connectivity index (χ0v) is 16.5. The van der Waals surface area contributed by atoms with Crippen LogP contribution in [0.15, 0.2) is 59.7 Å². The lowest BCUT2D eigenvalue weighted by Crippen LogP contribution is -2.21. The molecule has 0 saturated carbocycles. The van der Waals surface area contributed by atoms with Gasteiger partial charge in [0.25, 0.3) is 0 Å². The summed E-state index contributed by atoms with van der Waals surface area (Å²) in [7, 11) is 0. The van der Waals surface area contributed by atoms with Gasteiger partial charge in [0.2, 0.25) is 11.8 Å². The maximum Gasteiger partial charge on any atom is 0.240 e. The Morgan fingerprint density at radius 3 is 2.62 bits per heavy atom. The molecule has 0 fully saturated rings. The van der Waals surface area contributed by atoms with Crippen LogP contribution < -0.4 is 10.7 Å². The Hall–Kier alpha value is -3.38. The van der Waals surface area contributed by atoms with Crippen molar-refractivity contribution in [2.75, 3.05) is 5.32 Å². The lowest BCUT2D eigenvalue weighted by Gasteiger charge is -2.09. The minimum Gasteiger partial charge on any atom is -0.507 e. The first-order valence-corrected chi connectivity index (χ1v) is 9.41. The lowest BCUT2D eigenvalue weighted by molar-refractivity contribution is -0.124. The van der Waals surface area contributed by atoms with Gasteiger partial charge < -0.3 is 10.4 Å². The van der Waals surface area contributed by atoms with Crippen molar-refractivity contribution < 1.29 is 14.7 Å². The third-order valence-corrected chi connectivity index (χ3v) is 4.86. The number of halogens is 1. The van der Waals surface area contributed by atoms with Crippen molar-refractivity contribution in [2.24, 2.45) is 5.10 Å². The Labute approximate surface area is 173 Å². The molecule has 3 aromatic carbocycles. The van der Waals surface area contributed by atoms with E-state index >= 15 is 0 Å². The number of hydrogen-bond donors (Lipinski definition) is 3. The van der Waals surface area contributed by atoms with E-state index in [2.05, 4.69) is 15.8 Å². The quantitative estimate of drug-likeness (QED) is 0.417. The Bertz CT molecular complexity index is 1100. The molecular formula is C22H20ClN3O3. The van der Waals surface area contributed by atoms with Crippen LogP contribution in [0.2, 0.25) is 5.02 Å². The Balaban J connectivity index is 1.55. The number of phenols is 1. The van der Waals surface area contributed by atoms with E-state index in [1.807, 2.05) is 31.2 Å². The first kappa shape index (κ1) is 20.4. The standard InChI is InChI=1S/C22H20ClN3O3/c1-14-18(23)7-4-8-19(14)25-21(28)11-12-22(29)26-24-13-17-16-6-3-2-5-15(16)9-10-20(17)27/h2-10,13,27H,11-12H2,1H3,(H,25,28)(H,26,29)/b24-13+. The number of rotatable bonds is 6. The van der Waals surface area contributed by atoms with Crippen molar-refractivity contribution in [3.05, 3.63) is 70.7 Å². The zero-order chi connectivity index (χ0) is 20.8. The van der Waals surface area contributed by atoms with E-state index in [1.54, 1.807) is 30.3 Å². The van der Waals surface area contributed by atoms with Crippen molar-refractivity contribution >= 4 is 46.1 Å². The maximum atomic E-state index is 12.1. The molecular weight excluding hydrogens is 390 g/mol. The molecule has 0 aliphatic carbocycles. The number of amides is 2. The van der Waals surface area contributed by atoms with Crippen LogP contribution in [0.25, 0.3) is 10.8 Å². The number of carbonyl (C=O) groups excluding carboxylic acids is 2. The zero-order valence-electron chi connectivity index (χ0n) is 15.8. The third kappa shape index (κ3) is 5.12. The van der Waals surface area contributed by atoms with E-state index in [-0.39, 0.29) is 24.5 Å². The van der Waals surface area contributed by atoms with Gasteiger partial charge in [0.15, 0.2) is 0 Å². The summed E-state index contributed by atoms with van der Waals surface area (Å²) in [6, 6.07) is 16.2. The lowest BCUT2D eigenvalue weighted by atomic mass is 10.0. The monoisotopic (exact) mass is 409 g/mol. The molecule has 0 bridgehead atoms. The number of carbonyl (C=O) groups is 2. The normalized spacial score (nSPS) is 11.0. The summed E-state index contributed by atoms with van der Waals surface area (Å²) in [6.07, 6.45) is 1.38. The van der Waals surface area contributed by atoms with Gasteiger partial charge in [0.05, 0.1) is 6.21 Å². The average Bonchev–Trinajstić information content (AvgIpc) is 2.71. The van der Waals surface area contributed by atoms with Gasteiger partial charge in [-0.1, -0.05) is 48.0 Å². The minimum absolute atomic E-state index is 0.00677. The highest BCUT2D eigenvalue weighted by molar-refractivity contribution is 6.31. The van der Waals surface area contributed by atoms with Crippen LogP contribution in [0, 0.1) is 6.92 Å². The average molecular weight is 410 g/mol. The number of hydrazone groups is 1. The molecule has 0 radical (unpaired) electrons. The number of benzene rings is 3. The fourth-order valence-corrected chi connectivity index (χ4v) is 3.00. The van der Waals surface area contributed by atoms with Crippen molar-refractivity contribution in [1.29, 1.82) is 0 Å². The molecule has 7 heteroatoms. The molecule has 0 saturated heterocycles. The summed E-state index contributed by atoms with van der Waals surface area (Å²) in [5.74, 6) is -0.627. The summed E-state index contributed by atoms with van der Waals surface area (Å²) < 4.78 is 0. The number of nitrogens with zero attached hydrogens (tertiary/aromatic N) is 1. The highest BCUT2D eigenvalue weighted by atomic mass is 35.5. The Morgan fingerprint density at radius 2 is 1.79 bits per heavy atom. The number of anilines is 1. The summed E-state index contributed by atoms with van der Waals surface area (Å²) in [6.45, 7) is 1.81. The van der Waals surface area contributed by atoms with Gasteiger partial charge in [-0.2, -0.15) is 5.10 Å². The minimum atomic E-state index is -0.404. The SMILES string of the molecule is Cc1c(Cl)cccc1NC(=O)CCC(=O)N/N=C/c1c(O)ccc2ccccc12. The highest BCUT2D eigenvalue weighted by Crippen LogP contribution is 2.25. The molecule has 2 amide bonds.